The summed E-state index contributed by atoms with van der Waals surface area (Å²) in [6.07, 6.45) is 0. The van der Waals surface area contributed by atoms with E-state index < -0.39 is 0 Å². The lowest BCUT2D eigenvalue weighted by Crippen LogP contribution is -2.45. The molecule has 3 rings (SSSR count). The van der Waals surface area contributed by atoms with E-state index in [4.69, 9.17) is 4.74 Å². The van der Waals surface area contributed by atoms with Crippen molar-refractivity contribution in [1.29, 1.82) is 0 Å². The predicted molar refractivity (Wildman–Crippen MR) is 63.2 cm³/mol. The number of morpholine rings is 1. The molecule has 2 aliphatic heterocycles. The van der Waals surface area contributed by atoms with Gasteiger partial charge in [-0.15, -0.1) is 0 Å². The van der Waals surface area contributed by atoms with Crippen molar-refractivity contribution in [2.45, 2.75) is 12.6 Å². The van der Waals surface area contributed by atoms with Crippen molar-refractivity contribution in [2.24, 2.45) is 0 Å². The van der Waals surface area contributed by atoms with E-state index in [1.807, 2.05) is 6.07 Å². The van der Waals surface area contributed by atoms with Crippen LogP contribution in [-0.2, 0) is 11.3 Å². The molecule has 1 aromatic rings. The second-order valence-electron chi connectivity index (χ2n) is 4.64. The van der Waals surface area contributed by atoms with Gasteiger partial charge in [-0.1, -0.05) is 6.07 Å². The molecular formula is C13H17FN2O. The Morgan fingerprint density at radius 2 is 2.12 bits per heavy atom. The number of nitrogens with one attached hydrogen (secondary N) is 1. The molecule has 0 unspecified atom stereocenters. The highest BCUT2D eigenvalue weighted by molar-refractivity contribution is 5.33. The SMILES string of the molecule is Fc1ccc2c(c1)CNC[C@@H]2N1CCOCC1. The number of ether oxygens (including phenoxy) is 1. The van der Waals surface area contributed by atoms with E-state index in [1.54, 1.807) is 12.1 Å². The first-order chi connectivity index (χ1) is 8.34. The molecule has 1 saturated heterocycles. The van der Waals surface area contributed by atoms with Crippen molar-refractivity contribution in [3.8, 4) is 0 Å². The second-order valence-corrected chi connectivity index (χ2v) is 4.64. The van der Waals surface area contributed by atoms with Gasteiger partial charge in [-0.2, -0.15) is 0 Å². The number of nitrogens with zero attached hydrogens (tertiary/aromatic N) is 1. The molecule has 1 atom stereocenters. The Labute approximate surface area is 101 Å². The Balaban J connectivity index is 1.88. The Morgan fingerprint density at radius 3 is 2.94 bits per heavy atom. The fraction of sp³-hybridized carbons (Fsp3) is 0.538. The van der Waals surface area contributed by atoms with Crippen molar-refractivity contribution in [3.63, 3.8) is 0 Å². The predicted octanol–water partition coefficient (Wildman–Crippen LogP) is 1.30. The van der Waals surface area contributed by atoms with Gasteiger partial charge < -0.3 is 10.1 Å². The van der Waals surface area contributed by atoms with Crippen LogP contribution in [0.25, 0.3) is 0 Å². The van der Waals surface area contributed by atoms with Gasteiger partial charge in [0.1, 0.15) is 5.82 Å². The van der Waals surface area contributed by atoms with Gasteiger partial charge in [-0.05, 0) is 23.3 Å². The van der Waals surface area contributed by atoms with Crippen LogP contribution in [0.15, 0.2) is 18.2 Å². The van der Waals surface area contributed by atoms with Crippen molar-refractivity contribution < 1.29 is 9.13 Å². The van der Waals surface area contributed by atoms with Crippen LogP contribution in [0, 0.1) is 5.82 Å². The maximum absolute atomic E-state index is 13.2. The summed E-state index contributed by atoms with van der Waals surface area (Å²) in [5.74, 6) is -0.145. The number of benzene rings is 1. The lowest BCUT2D eigenvalue weighted by molar-refractivity contribution is 0.0146. The van der Waals surface area contributed by atoms with Crippen LogP contribution in [0.2, 0.25) is 0 Å². The first-order valence-electron chi connectivity index (χ1n) is 6.15. The minimum Gasteiger partial charge on any atom is -0.379 e. The standard InChI is InChI=1S/C13H17FN2O/c14-11-1-2-12-10(7-11)8-15-9-13(12)16-3-5-17-6-4-16/h1-2,7,13,15H,3-6,8-9H2/t13-/m0/s1. The largest absolute Gasteiger partial charge is 0.379 e. The van der Waals surface area contributed by atoms with E-state index in [9.17, 15) is 4.39 Å². The zero-order valence-electron chi connectivity index (χ0n) is 9.79. The first-order valence-corrected chi connectivity index (χ1v) is 6.15. The molecule has 0 aliphatic carbocycles. The maximum Gasteiger partial charge on any atom is 0.123 e. The summed E-state index contributed by atoms with van der Waals surface area (Å²) in [7, 11) is 0. The fourth-order valence-electron chi connectivity index (χ4n) is 2.72. The van der Waals surface area contributed by atoms with Gasteiger partial charge in [0.2, 0.25) is 0 Å². The molecule has 3 nitrogen and oxygen atoms in total. The molecule has 4 heteroatoms. The Bertz CT molecular complexity index is 404. The lowest BCUT2D eigenvalue weighted by atomic mass is 9.95. The molecule has 1 N–H and O–H groups in total. The normalized spacial score (nSPS) is 25.6. The molecular weight excluding hydrogens is 219 g/mol. The summed E-state index contributed by atoms with van der Waals surface area (Å²) in [5.41, 5.74) is 2.36. The van der Waals surface area contributed by atoms with Gasteiger partial charge in [0, 0.05) is 32.2 Å². The summed E-state index contributed by atoms with van der Waals surface area (Å²) in [6, 6.07) is 5.52. The van der Waals surface area contributed by atoms with Crippen LogP contribution in [0.3, 0.4) is 0 Å². The first kappa shape index (κ1) is 11.1. The van der Waals surface area contributed by atoms with E-state index in [2.05, 4.69) is 10.2 Å². The monoisotopic (exact) mass is 236 g/mol. The highest BCUT2D eigenvalue weighted by Crippen LogP contribution is 2.28. The Kier molecular flexibility index (Phi) is 3.09. The minimum absolute atomic E-state index is 0.145. The van der Waals surface area contributed by atoms with E-state index in [1.165, 1.54) is 5.56 Å². The third-order valence-electron chi connectivity index (χ3n) is 3.60. The average molecular weight is 236 g/mol. The second kappa shape index (κ2) is 4.72. The zero-order valence-corrected chi connectivity index (χ0v) is 9.79. The van der Waals surface area contributed by atoms with Crippen molar-refractivity contribution >= 4 is 0 Å². The summed E-state index contributed by atoms with van der Waals surface area (Å²) in [4.78, 5) is 2.42. The minimum atomic E-state index is -0.145. The topological polar surface area (TPSA) is 24.5 Å². The van der Waals surface area contributed by atoms with Gasteiger partial charge in [0.25, 0.3) is 0 Å². The van der Waals surface area contributed by atoms with Crippen LogP contribution in [0.1, 0.15) is 17.2 Å². The quantitative estimate of drug-likeness (QED) is 0.795. The molecule has 0 bridgehead atoms. The summed E-state index contributed by atoms with van der Waals surface area (Å²) < 4.78 is 18.6. The van der Waals surface area contributed by atoms with Crippen molar-refractivity contribution in [1.82, 2.24) is 10.2 Å². The molecule has 0 amide bonds. The molecule has 2 heterocycles. The van der Waals surface area contributed by atoms with E-state index >= 15 is 0 Å². The van der Waals surface area contributed by atoms with Crippen molar-refractivity contribution in [2.75, 3.05) is 32.8 Å². The third-order valence-corrected chi connectivity index (χ3v) is 3.60. The third kappa shape index (κ3) is 2.20. The Hall–Kier alpha value is -0.970. The fourth-order valence-corrected chi connectivity index (χ4v) is 2.72. The number of fused-ring (bicyclic) bond motifs is 1. The number of rotatable bonds is 1. The molecule has 0 spiro atoms. The average Bonchev–Trinajstić information content (AvgIpc) is 2.39. The number of hydrogen-bond acceptors (Lipinski definition) is 3. The summed E-state index contributed by atoms with van der Waals surface area (Å²) in [5, 5.41) is 3.37. The smallest absolute Gasteiger partial charge is 0.123 e. The molecule has 17 heavy (non-hydrogen) atoms. The van der Waals surface area contributed by atoms with Crippen molar-refractivity contribution in [3.05, 3.63) is 35.1 Å². The zero-order chi connectivity index (χ0) is 11.7. The van der Waals surface area contributed by atoms with Gasteiger partial charge in [0.05, 0.1) is 13.2 Å². The molecule has 1 fully saturated rings. The van der Waals surface area contributed by atoms with Gasteiger partial charge in [-0.25, -0.2) is 4.39 Å². The summed E-state index contributed by atoms with van der Waals surface area (Å²) >= 11 is 0. The molecule has 0 saturated carbocycles. The van der Waals surface area contributed by atoms with Crippen LogP contribution in [-0.4, -0.2) is 37.7 Å². The van der Waals surface area contributed by atoms with Crippen LogP contribution >= 0.6 is 0 Å². The van der Waals surface area contributed by atoms with Gasteiger partial charge >= 0.3 is 0 Å². The molecule has 0 radical (unpaired) electrons. The number of hydrogen-bond donors (Lipinski definition) is 1. The van der Waals surface area contributed by atoms with Crippen LogP contribution in [0.5, 0.6) is 0 Å². The van der Waals surface area contributed by atoms with E-state index in [-0.39, 0.29) is 5.82 Å². The molecule has 92 valence electrons. The molecule has 2 aliphatic rings. The Morgan fingerprint density at radius 1 is 1.29 bits per heavy atom. The number of halogens is 1. The van der Waals surface area contributed by atoms with Gasteiger partial charge in [0.15, 0.2) is 0 Å². The maximum atomic E-state index is 13.2. The lowest BCUT2D eigenvalue weighted by Gasteiger charge is -2.38. The van der Waals surface area contributed by atoms with Crippen LogP contribution in [0.4, 0.5) is 4.39 Å². The molecule has 0 aromatic heterocycles. The molecule has 1 aromatic carbocycles. The summed E-state index contributed by atoms with van der Waals surface area (Å²) in [6.45, 7) is 5.24. The van der Waals surface area contributed by atoms with E-state index in [0.29, 0.717) is 6.04 Å². The highest BCUT2D eigenvalue weighted by Gasteiger charge is 2.27. The van der Waals surface area contributed by atoms with Gasteiger partial charge in [-0.3, -0.25) is 4.90 Å². The van der Waals surface area contributed by atoms with Crippen LogP contribution < -0.4 is 5.32 Å². The highest BCUT2D eigenvalue weighted by atomic mass is 19.1. The van der Waals surface area contributed by atoms with E-state index in [0.717, 1.165) is 45.0 Å².